The standard InChI is InChI=1S/C20H29N/c1-12-10-17-14(11-19(12)21)5-6-16-15(17)8-9-20(3)13(2)4-7-18(16)20/h10-11,13,15-16,18H,4-9,21H2,1-3H3/t13?,15?,16?,18?,20-/m1/s1. The lowest BCUT2D eigenvalue weighted by Gasteiger charge is -2.50. The summed E-state index contributed by atoms with van der Waals surface area (Å²) in [7, 11) is 0. The summed E-state index contributed by atoms with van der Waals surface area (Å²) in [6.45, 7) is 7.26. The van der Waals surface area contributed by atoms with Crippen LogP contribution in [0.3, 0.4) is 0 Å². The van der Waals surface area contributed by atoms with Crippen molar-refractivity contribution in [2.75, 3.05) is 5.73 Å². The van der Waals surface area contributed by atoms with Gasteiger partial charge in [0.2, 0.25) is 0 Å². The second-order valence-corrected chi connectivity index (χ2v) is 8.35. The van der Waals surface area contributed by atoms with Crippen LogP contribution >= 0.6 is 0 Å². The van der Waals surface area contributed by atoms with Crippen molar-refractivity contribution in [2.24, 2.45) is 23.2 Å². The molecule has 0 amide bonds. The number of fused-ring (bicyclic) bond motifs is 5. The molecule has 4 rings (SSSR count). The second-order valence-electron chi connectivity index (χ2n) is 8.35. The fraction of sp³-hybridized carbons (Fsp3) is 0.700. The lowest BCUT2D eigenvalue weighted by Crippen LogP contribution is -2.41. The number of aryl methyl sites for hydroxylation is 2. The molecule has 1 aromatic rings. The number of nitrogens with two attached hydrogens (primary N) is 1. The Morgan fingerprint density at radius 2 is 1.95 bits per heavy atom. The maximum absolute atomic E-state index is 6.14. The predicted molar refractivity (Wildman–Crippen MR) is 89.4 cm³/mol. The van der Waals surface area contributed by atoms with Gasteiger partial charge in [-0.05, 0) is 97.3 Å². The van der Waals surface area contributed by atoms with E-state index in [2.05, 4.69) is 32.9 Å². The number of benzene rings is 1. The van der Waals surface area contributed by atoms with Crippen molar-refractivity contribution < 1.29 is 0 Å². The molecule has 2 saturated carbocycles. The molecule has 4 unspecified atom stereocenters. The highest BCUT2D eigenvalue weighted by Crippen LogP contribution is 2.62. The number of nitrogen functional groups attached to an aromatic ring is 1. The van der Waals surface area contributed by atoms with Crippen molar-refractivity contribution in [3.05, 3.63) is 28.8 Å². The Morgan fingerprint density at radius 3 is 2.76 bits per heavy atom. The van der Waals surface area contributed by atoms with E-state index in [1.165, 1.54) is 44.1 Å². The minimum absolute atomic E-state index is 0.627. The van der Waals surface area contributed by atoms with E-state index in [1.807, 2.05) is 0 Å². The Labute approximate surface area is 129 Å². The van der Waals surface area contributed by atoms with E-state index in [4.69, 9.17) is 5.73 Å². The van der Waals surface area contributed by atoms with E-state index >= 15 is 0 Å². The second kappa shape index (κ2) is 4.51. The summed E-state index contributed by atoms with van der Waals surface area (Å²) in [5.74, 6) is 3.65. The molecule has 0 heterocycles. The molecular weight excluding hydrogens is 254 g/mol. The van der Waals surface area contributed by atoms with Gasteiger partial charge in [0.1, 0.15) is 0 Å². The molecule has 1 nitrogen and oxygen atoms in total. The summed E-state index contributed by atoms with van der Waals surface area (Å²) >= 11 is 0. The topological polar surface area (TPSA) is 26.0 Å². The number of rotatable bonds is 0. The Hall–Kier alpha value is -0.980. The number of hydrogen-bond acceptors (Lipinski definition) is 1. The minimum atomic E-state index is 0.627. The summed E-state index contributed by atoms with van der Waals surface area (Å²) in [4.78, 5) is 0. The fourth-order valence-electron chi connectivity index (χ4n) is 6.02. The molecule has 1 aromatic carbocycles. The summed E-state index contributed by atoms with van der Waals surface area (Å²) < 4.78 is 0. The molecule has 0 aliphatic heterocycles. The van der Waals surface area contributed by atoms with Crippen LogP contribution in [0, 0.1) is 30.1 Å². The first-order valence-corrected chi connectivity index (χ1v) is 8.89. The molecule has 2 N–H and O–H groups in total. The first-order chi connectivity index (χ1) is 10.0. The SMILES string of the molecule is Cc1cc2c(cc1N)CCC1C2CC[C@]2(C)C(C)CCC12. The summed E-state index contributed by atoms with van der Waals surface area (Å²) in [6.07, 6.45) is 8.41. The van der Waals surface area contributed by atoms with Crippen LogP contribution in [0.1, 0.15) is 68.6 Å². The van der Waals surface area contributed by atoms with Gasteiger partial charge in [-0.25, -0.2) is 0 Å². The molecule has 0 bridgehead atoms. The monoisotopic (exact) mass is 283 g/mol. The van der Waals surface area contributed by atoms with E-state index in [-0.39, 0.29) is 0 Å². The molecule has 0 aromatic heterocycles. The molecular formula is C20H29N. The van der Waals surface area contributed by atoms with Gasteiger partial charge in [-0.15, -0.1) is 0 Å². The van der Waals surface area contributed by atoms with Crippen LogP contribution in [0.15, 0.2) is 12.1 Å². The molecule has 21 heavy (non-hydrogen) atoms. The molecule has 0 saturated heterocycles. The molecule has 2 fully saturated rings. The average Bonchev–Trinajstić information content (AvgIpc) is 2.76. The van der Waals surface area contributed by atoms with Gasteiger partial charge in [0.25, 0.3) is 0 Å². The molecule has 114 valence electrons. The maximum atomic E-state index is 6.14. The van der Waals surface area contributed by atoms with Crippen LogP contribution in [0.25, 0.3) is 0 Å². The quantitative estimate of drug-likeness (QED) is 0.661. The largest absolute Gasteiger partial charge is 0.399 e. The van der Waals surface area contributed by atoms with Crippen molar-refractivity contribution in [1.82, 2.24) is 0 Å². The van der Waals surface area contributed by atoms with Crippen LogP contribution < -0.4 is 5.73 Å². The van der Waals surface area contributed by atoms with Crippen molar-refractivity contribution in [2.45, 2.75) is 65.2 Å². The van der Waals surface area contributed by atoms with Crippen LogP contribution in [0.4, 0.5) is 5.69 Å². The third-order valence-electron chi connectivity index (χ3n) is 7.59. The number of anilines is 1. The van der Waals surface area contributed by atoms with Crippen molar-refractivity contribution in [3.63, 3.8) is 0 Å². The smallest absolute Gasteiger partial charge is 0.0346 e. The molecule has 3 aliphatic carbocycles. The van der Waals surface area contributed by atoms with Crippen LogP contribution in [0.2, 0.25) is 0 Å². The highest BCUT2D eigenvalue weighted by Gasteiger charge is 2.53. The predicted octanol–water partition coefficient (Wildman–Crippen LogP) is 5.07. The Morgan fingerprint density at radius 1 is 1.14 bits per heavy atom. The summed E-state index contributed by atoms with van der Waals surface area (Å²) in [5.41, 5.74) is 12.2. The van der Waals surface area contributed by atoms with E-state index in [9.17, 15) is 0 Å². The minimum Gasteiger partial charge on any atom is -0.399 e. The molecule has 0 radical (unpaired) electrons. The van der Waals surface area contributed by atoms with Crippen molar-refractivity contribution in [1.29, 1.82) is 0 Å². The lowest BCUT2D eigenvalue weighted by molar-refractivity contribution is 0.0337. The van der Waals surface area contributed by atoms with Gasteiger partial charge >= 0.3 is 0 Å². The zero-order chi connectivity index (χ0) is 14.8. The highest BCUT2D eigenvalue weighted by molar-refractivity contribution is 5.53. The third-order valence-corrected chi connectivity index (χ3v) is 7.59. The van der Waals surface area contributed by atoms with Crippen molar-refractivity contribution >= 4 is 5.69 Å². The van der Waals surface area contributed by atoms with Crippen LogP contribution in [0.5, 0.6) is 0 Å². The zero-order valence-corrected chi connectivity index (χ0v) is 13.8. The van der Waals surface area contributed by atoms with Crippen molar-refractivity contribution in [3.8, 4) is 0 Å². The Balaban J connectivity index is 1.73. The van der Waals surface area contributed by atoms with Gasteiger partial charge in [-0.1, -0.05) is 19.9 Å². The highest BCUT2D eigenvalue weighted by atomic mass is 14.6. The van der Waals surface area contributed by atoms with Gasteiger partial charge in [0.15, 0.2) is 0 Å². The van der Waals surface area contributed by atoms with E-state index in [0.29, 0.717) is 5.41 Å². The molecule has 3 aliphatic rings. The van der Waals surface area contributed by atoms with Crippen LogP contribution in [-0.4, -0.2) is 0 Å². The van der Waals surface area contributed by atoms with Crippen LogP contribution in [-0.2, 0) is 6.42 Å². The van der Waals surface area contributed by atoms with E-state index in [0.717, 1.165) is 29.4 Å². The fourth-order valence-corrected chi connectivity index (χ4v) is 6.02. The average molecular weight is 283 g/mol. The van der Waals surface area contributed by atoms with Gasteiger partial charge < -0.3 is 5.73 Å². The summed E-state index contributed by atoms with van der Waals surface area (Å²) in [5, 5.41) is 0. The Bertz CT molecular complexity index is 575. The normalized spacial score (nSPS) is 41.3. The van der Waals surface area contributed by atoms with Gasteiger partial charge in [-0.2, -0.15) is 0 Å². The molecule has 1 heteroatoms. The number of hydrogen-bond donors (Lipinski definition) is 1. The van der Waals surface area contributed by atoms with E-state index in [1.54, 1.807) is 11.1 Å². The lowest BCUT2D eigenvalue weighted by atomic mass is 9.54. The Kier molecular flexibility index (Phi) is 2.93. The first-order valence-electron chi connectivity index (χ1n) is 8.89. The molecule has 5 atom stereocenters. The third kappa shape index (κ3) is 1.82. The zero-order valence-electron chi connectivity index (χ0n) is 13.8. The maximum Gasteiger partial charge on any atom is 0.0346 e. The summed E-state index contributed by atoms with van der Waals surface area (Å²) in [6, 6.07) is 4.69. The van der Waals surface area contributed by atoms with E-state index < -0.39 is 0 Å². The molecule has 0 spiro atoms. The van der Waals surface area contributed by atoms with Gasteiger partial charge in [-0.3, -0.25) is 0 Å². The van der Waals surface area contributed by atoms with Gasteiger partial charge in [0.05, 0.1) is 0 Å². The first kappa shape index (κ1) is 13.7. The van der Waals surface area contributed by atoms with Gasteiger partial charge in [0, 0.05) is 5.69 Å².